The van der Waals surface area contributed by atoms with Gasteiger partial charge in [0.25, 0.3) is 0 Å². The Morgan fingerprint density at radius 2 is 1.65 bits per heavy atom. The second-order valence-corrected chi connectivity index (χ2v) is 4.60. The monoisotopic (exact) mass is 319 g/mol. The molecule has 0 bridgehead atoms. The van der Waals surface area contributed by atoms with Gasteiger partial charge in [-0.25, -0.2) is 8.78 Å². The van der Waals surface area contributed by atoms with Crippen molar-refractivity contribution in [1.82, 2.24) is 0 Å². The van der Waals surface area contributed by atoms with E-state index < -0.39 is 17.5 Å². The number of methoxy groups -OCH3 is 2. The SMILES string of the molecule is COc1cc(/C=C/C(=O)Nc2ccc(F)c(F)c2)cc(OC)c1. The molecule has 0 spiro atoms. The lowest BCUT2D eigenvalue weighted by Crippen LogP contribution is -2.08. The minimum absolute atomic E-state index is 0.168. The zero-order valence-corrected chi connectivity index (χ0v) is 12.6. The van der Waals surface area contributed by atoms with Gasteiger partial charge in [-0.15, -0.1) is 0 Å². The molecule has 0 aliphatic heterocycles. The number of rotatable bonds is 5. The highest BCUT2D eigenvalue weighted by Gasteiger charge is 2.05. The maximum atomic E-state index is 13.1. The summed E-state index contributed by atoms with van der Waals surface area (Å²) in [4.78, 5) is 11.8. The Labute approximate surface area is 132 Å². The van der Waals surface area contributed by atoms with Crippen LogP contribution in [0.5, 0.6) is 11.5 Å². The van der Waals surface area contributed by atoms with Crippen molar-refractivity contribution < 1.29 is 23.0 Å². The minimum atomic E-state index is -1.02. The average Bonchev–Trinajstić information content (AvgIpc) is 2.56. The van der Waals surface area contributed by atoms with Gasteiger partial charge in [0.15, 0.2) is 11.6 Å². The van der Waals surface area contributed by atoms with Crippen LogP contribution in [0.2, 0.25) is 0 Å². The van der Waals surface area contributed by atoms with Crippen LogP contribution >= 0.6 is 0 Å². The van der Waals surface area contributed by atoms with E-state index in [-0.39, 0.29) is 5.69 Å². The summed E-state index contributed by atoms with van der Waals surface area (Å²) in [5.41, 5.74) is 0.864. The van der Waals surface area contributed by atoms with E-state index in [0.717, 1.165) is 12.1 Å². The van der Waals surface area contributed by atoms with Gasteiger partial charge in [-0.1, -0.05) is 0 Å². The van der Waals surface area contributed by atoms with Gasteiger partial charge in [-0.3, -0.25) is 4.79 Å². The lowest BCUT2D eigenvalue weighted by Gasteiger charge is -2.06. The Hall–Kier alpha value is -2.89. The Morgan fingerprint density at radius 1 is 1.00 bits per heavy atom. The van der Waals surface area contributed by atoms with E-state index in [0.29, 0.717) is 17.1 Å². The molecule has 0 aromatic heterocycles. The lowest BCUT2D eigenvalue weighted by molar-refractivity contribution is -0.111. The maximum absolute atomic E-state index is 13.1. The van der Waals surface area contributed by atoms with E-state index in [9.17, 15) is 13.6 Å². The number of benzene rings is 2. The molecule has 0 fully saturated rings. The summed E-state index contributed by atoms with van der Waals surface area (Å²) >= 11 is 0. The van der Waals surface area contributed by atoms with Crippen LogP contribution in [0.25, 0.3) is 6.08 Å². The van der Waals surface area contributed by atoms with E-state index in [2.05, 4.69) is 5.32 Å². The molecule has 4 nitrogen and oxygen atoms in total. The largest absolute Gasteiger partial charge is 0.497 e. The van der Waals surface area contributed by atoms with Gasteiger partial charge in [-0.05, 0) is 35.9 Å². The molecule has 0 aliphatic carbocycles. The molecule has 0 atom stereocenters. The molecule has 2 aromatic carbocycles. The van der Waals surface area contributed by atoms with Gasteiger partial charge in [0.2, 0.25) is 5.91 Å². The standard InChI is InChI=1S/C17H15F2NO3/c1-22-13-7-11(8-14(10-13)23-2)3-6-17(21)20-12-4-5-15(18)16(19)9-12/h3-10H,1-2H3,(H,20,21)/b6-3+. The number of ether oxygens (including phenoxy) is 2. The van der Waals surface area contributed by atoms with Crippen molar-refractivity contribution in [1.29, 1.82) is 0 Å². The van der Waals surface area contributed by atoms with Crippen LogP contribution < -0.4 is 14.8 Å². The Morgan fingerprint density at radius 3 is 2.22 bits per heavy atom. The number of carbonyl (C=O) groups excluding carboxylic acids is 1. The van der Waals surface area contributed by atoms with Crippen molar-refractivity contribution in [2.24, 2.45) is 0 Å². The molecule has 0 radical (unpaired) electrons. The number of hydrogen-bond acceptors (Lipinski definition) is 3. The van der Waals surface area contributed by atoms with Crippen molar-refractivity contribution >= 4 is 17.7 Å². The van der Waals surface area contributed by atoms with Crippen molar-refractivity contribution in [3.63, 3.8) is 0 Å². The molecule has 0 aliphatic rings. The quantitative estimate of drug-likeness (QED) is 0.856. The van der Waals surface area contributed by atoms with Crippen LogP contribution in [-0.4, -0.2) is 20.1 Å². The van der Waals surface area contributed by atoms with E-state index in [1.807, 2.05) is 0 Å². The fourth-order valence-electron chi connectivity index (χ4n) is 1.86. The summed E-state index contributed by atoms with van der Waals surface area (Å²) in [5, 5.41) is 2.44. The summed E-state index contributed by atoms with van der Waals surface area (Å²) in [6.45, 7) is 0. The fourth-order valence-corrected chi connectivity index (χ4v) is 1.86. The van der Waals surface area contributed by atoms with Crippen LogP contribution in [0.15, 0.2) is 42.5 Å². The zero-order valence-electron chi connectivity index (χ0n) is 12.6. The van der Waals surface area contributed by atoms with Crippen molar-refractivity contribution in [3.05, 3.63) is 59.7 Å². The predicted octanol–water partition coefficient (Wildman–Crippen LogP) is 3.63. The summed E-state index contributed by atoms with van der Waals surface area (Å²) in [6, 6.07) is 8.29. The Balaban J connectivity index is 2.10. The highest BCUT2D eigenvalue weighted by molar-refractivity contribution is 6.01. The molecule has 120 valence electrons. The van der Waals surface area contributed by atoms with Crippen molar-refractivity contribution in [3.8, 4) is 11.5 Å². The number of nitrogens with one attached hydrogen (secondary N) is 1. The molecule has 0 saturated carbocycles. The van der Waals surface area contributed by atoms with E-state index >= 15 is 0 Å². The van der Waals surface area contributed by atoms with E-state index in [1.54, 1.807) is 24.3 Å². The van der Waals surface area contributed by atoms with Crippen LogP contribution in [0.3, 0.4) is 0 Å². The summed E-state index contributed by atoms with van der Waals surface area (Å²) < 4.78 is 36.2. The highest BCUT2D eigenvalue weighted by Crippen LogP contribution is 2.23. The van der Waals surface area contributed by atoms with Crippen LogP contribution in [-0.2, 0) is 4.79 Å². The van der Waals surface area contributed by atoms with Gasteiger partial charge in [-0.2, -0.15) is 0 Å². The Kier molecular flexibility index (Phi) is 5.30. The van der Waals surface area contributed by atoms with Gasteiger partial charge < -0.3 is 14.8 Å². The van der Waals surface area contributed by atoms with Crippen molar-refractivity contribution in [2.75, 3.05) is 19.5 Å². The summed E-state index contributed by atoms with van der Waals surface area (Å²) in [5.74, 6) is -1.29. The minimum Gasteiger partial charge on any atom is -0.497 e. The predicted molar refractivity (Wildman–Crippen MR) is 83.6 cm³/mol. The molecular weight excluding hydrogens is 304 g/mol. The highest BCUT2D eigenvalue weighted by atomic mass is 19.2. The Bertz CT molecular complexity index is 722. The second kappa shape index (κ2) is 7.40. The number of amides is 1. The molecule has 0 unspecified atom stereocenters. The summed E-state index contributed by atoms with van der Waals surface area (Å²) in [6.07, 6.45) is 2.83. The van der Waals surface area contributed by atoms with Gasteiger partial charge in [0, 0.05) is 23.9 Å². The number of hydrogen-bond donors (Lipinski definition) is 1. The van der Waals surface area contributed by atoms with Crippen LogP contribution in [0, 0.1) is 11.6 Å². The molecular formula is C17H15F2NO3. The third-order valence-electron chi connectivity index (χ3n) is 2.99. The average molecular weight is 319 g/mol. The molecule has 2 aromatic rings. The topological polar surface area (TPSA) is 47.6 Å². The molecule has 0 saturated heterocycles. The van der Waals surface area contributed by atoms with Crippen LogP contribution in [0.4, 0.5) is 14.5 Å². The molecule has 2 rings (SSSR count). The van der Waals surface area contributed by atoms with Gasteiger partial charge in [0.1, 0.15) is 11.5 Å². The lowest BCUT2D eigenvalue weighted by atomic mass is 10.2. The third kappa shape index (κ3) is 4.54. The zero-order chi connectivity index (χ0) is 16.8. The summed E-state index contributed by atoms with van der Waals surface area (Å²) in [7, 11) is 3.05. The third-order valence-corrected chi connectivity index (χ3v) is 2.99. The molecule has 1 amide bonds. The first-order valence-electron chi connectivity index (χ1n) is 6.69. The van der Waals surface area contributed by atoms with Gasteiger partial charge in [0.05, 0.1) is 14.2 Å². The maximum Gasteiger partial charge on any atom is 0.248 e. The van der Waals surface area contributed by atoms with E-state index in [4.69, 9.17) is 9.47 Å². The molecule has 1 N–H and O–H groups in total. The molecule has 0 heterocycles. The van der Waals surface area contributed by atoms with Gasteiger partial charge >= 0.3 is 0 Å². The molecule has 23 heavy (non-hydrogen) atoms. The number of carbonyl (C=O) groups is 1. The smallest absolute Gasteiger partial charge is 0.248 e. The first kappa shape index (κ1) is 16.5. The molecule has 6 heteroatoms. The number of anilines is 1. The second-order valence-electron chi connectivity index (χ2n) is 4.60. The fraction of sp³-hybridized carbons (Fsp3) is 0.118. The normalized spacial score (nSPS) is 10.6. The van der Waals surface area contributed by atoms with E-state index in [1.165, 1.54) is 26.4 Å². The van der Waals surface area contributed by atoms with Crippen LogP contribution in [0.1, 0.15) is 5.56 Å². The first-order valence-corrected chi connectivity index (χ1v) is 6.69. The van der Waals surface area contributed by atoms with Crippen molar-refractivity contribution in [2.45, 2.75) is 0 Å². The number of halogens is 2. The first-order chi connectivity index (χ1) is 11.0.